The summed E-state index contributed by atoms with van der Waals surface area (Å²) >= 11 is 0. The van der Waals surface area contributed by atoms with Gasteiger partial charge in [0.1, 0.15) is 5.82 Å². The Morgan fingerprint density at radius 2 is 1.67 bits per heavy atom. The lowest BCUT2D eigenvalue weighted by Gasteiger charge is -2.09. The molecule has 0 saturated heterocycles. The van der Waals surface area contributed by atoms with E-state index in [0.29, 0.717) is 0 Å². The lowest BCUT2D eigenvalue weighted by molar-refractivity contribution is -0.137. The molecule has 0 bridgehead atoms. The third-order valence-corrected chi connectivity index (χ3v) is 2.49. The Labute approximate surface area is 101 Å². The molecule has 2 aromatic rings. The summed E-state index contributed by atoms with van der Waals surface area (Å²) in [6.45, 7) is 0. The Kier molecular flexibility index (Phi) is 2.98. The molecule has 18 heavy (non-hydrogen) atoms. The lowest BCUT2D eigenvalue weighted by atomic mass is 10.0. The molecule has 0 aliphatic heterocycles. The molecule has 0 atom stereocenters. The average molecular weight is 255 g/mol. The van der Waals surface area contributed by atoms with Crippen LogP contribution in [0, 0.1) is 5.82 Å². The SMILES string of the molecule is Nc1ccc(-c2cccc(C(F)(F)F)c2)c(F)c1. The van der Waals surface area contributed by atoms with Gasteiger partial charge in [-0.2, -0.15) is 13.2 Å². The van der Waals surface area contributed by atoms with Crippen LogP contribution >= 0.6 is 0 Å². The van der Waals surface area contributed by atoms with Crippen LogP contribution in [0.4, 0.5) is 23.2 Å². The van der Waals surface area contributed by atoms with E-state index < -0.39 is 17.6 Å². The van der Waals surface area contributed by atoms with Crippen LogP contribution in [0.5, 0.6) is 0 Å². The van der Waals surface area contributed by atoms with Gasteiger partial charge in [0.2, 0.25) is 0 Å². The first-order valence-corrected chi connectivity index (χ1v) is 5.10. The van der Waals surface area contributed by atoms with E-state index in [1.165, 1.54) is 24.3 Å². The molecule has 2 aromatic carbocycles. The van der Waals surface area contributed by atoms with E-state index >= 15 is 0 Å². The first-order valence-electron chi connectivity index (χ1n) is 5.10. The monoisotopic (exact) mass is 255 g/mol. The smallest absolute Gasteiger partial charge is 0.399 e. The second-order valence-electron chi connectivity index (χ2n) is 3.82. The van der Waals surface area contributed by atoms with Crippen molar-refractivity contribution in [1.29, 1.82) is 0 Å². The van der Waals surface area contributed by atoms with Crippen LogP contribution in [0.3, 0.4) is 0 Å². The number of rotatable bonds is 1. The molecule has 0 aliphatic rings. The molecule has 2 N–H and O–H groups in total. The van der Waals surface area contributed by atoms with E-state index in [0.717, 1.165) is 18.2 Å². The van der Waals surface area contributed by atoms with Crippen LogP contribution in [0.2, 0.25) is 0 Å². The van der Waals surface area contributed by atoms with Crippen LogP contribution in [-0.2, 0) is 6.18 Å². The molecule has 0 spiro atoms. The van der Waals surface area contributed by atoms with Gasteiger partial charge >= 0.3 is 6.18 Å². The van der Waals surface area contributed by atoms with Crippen molar-refractivity contribution < 1.29 is 17.6 Å². The quantitative estimate of drug-likeness (QED) is 0.602. The molecule has 0 amide bonds. The van der Waals surface area contributed by atoms with E-state index in [-0.39, 0.29) is 16.8 Å². The molecule has 0 saturated carbocycles. The fourth-order valence-electron chi connectivity index (χ4n) is 1.63. The van der Waals surface area contributed by atoms with Crippen molar-refractivity contribution >= 4 is 5.69 Å². The van der Waals surface area contributed by atoms with E-state index in [4.69, 9.17) is 5.73 Å². The fraction of sp³-hybridized carbons (Fsp3) is 0.0769. The Bertz CT molecular complexity index is 575. The molecule has 0 heterocycles. The Morgan fingerprint density at radius 3 is 2.28 bits per heavy atom. The zero-order valence-electron chi connectivity index (χ0n) is 9.13. The normalized spacial score (nSPS) is 11.6. The summed E-state index contributed by atoms with van der Waals surface area (Å²) in [5.41, 5.74) is 5.06. The Hall–Kier alpha value is -2.04. The molecule has 0 aromatic heterocycles. The summed E-state index contributed by atoms with van der Waals surface area (Å²) in [6.07, 6.45) is -4.44. The van der Waals surface area contributed by atoms with Gasteiger partial charge in [0.15, 0.2) is 0 Å². The van der Waals surface area contributed by atoms with E-state index in [2.05, 4.69) is 0 Å². The van der Waals surface area contributed by atoms with Gasteiger partial charge in [-0.05, 0) is 35.9 Å². The minimum absolute atomic E-state index is 0.0929. The standard InChI is InChI=1S/C13H9F4N/c14-12-7-10(18)4-5-11(12)8-2-1-3-9(6-8)13(15,16)17/h1-7H,18H2. The van der Waals surface area contributed by atoms with E-state index in [9.17, 15) is 17.6 Å². The van der Waals surface area contributed by atoms with Gasteiger partial charge in [-0.1, -0.05) is 12.1 Å². The third-order valence-electron chi connectivity index (χ3n) is 2.49. The molecule has 94 valence electrons. The van der Waals surface area contributed by atoms with Gasteiger partial charge in [-0.15, -0.1) is 0 Å². The van der Waals surface area contributed by atoms with Crippen molar-refractivity contribution in [2.45, 2.75) is 6.18 Å². The summed E-state index contributed by atoms with van der Waals surface area (Å²) < 4.78 is 51.2. The van der Waals surface area contributed by atoms with Gasteiger partial charge < -0.3 is 5.73 Å². The summed E-state index contributed by atoms with van der Waals surface area (Å²) in [5, 5.41) is 0. The van der Waals surface area contributed by atoms with Crippen molar-refractivity contribution in [2.75, 3.05) is 5.73 Å². The molecule has 5 heteroatoms. The topological polar surface area (TPSA) is 26.0 Å². The highest BCUT2D eigenvalue weighted by atomic mass is 19.4. The molecule has 1 nitrogen and oxygen atoms in total. The minimum Gasteiger partial charge on any atom is -0.399 e. The second-order valence-corrected chi connectivity index (χ2v) is 3.82. The summed E-state index contributed by atoms with van der Waals surface area (Å²) in [6, 6.07) is 8.40. The summed E-state index contributed by atoms with van der Waals surface area (Å²) in [7, 11) is 0. The maximum absolute atomic E-state index is 13.6. The van der Waals surface area contributed by atoms with Crippen LogP contribution in [0.1, 0.15) is 5.56 Å². The van der Waals surface area contributed by atoms with Crippen molar-refractivity contribution in [2.24, 2.45) is 0 Å². The maximum Gasteiger partial charge on any atom is 0.416 e. The lowest BCUT2D eigenvalue weighted by Crippen LogP contribution is -2.04. The molecule has 0 unspecified atom stereocenters. The number of anilines is 1. The molecule has 0 aliphatic carbocycles. The largest absolute Gasteiger partial charge is 0.416 e. The van der Waals surface area contributed by atoms with Gasteiger partial charge in [-0.3, -0.25) is 0 Å². The summed E-state index contributed by atoms with van der Waals surface area (Å²) in [4.78, 5) is 0. The van der Waals surface area contributed by atoms with Crippen LogP contribution in [0.25, 0.3) is 11.1 Å². The number of halogens is 4. The molecule has 0 radical (unpaired) electrons. The van der Waals surface area contributed by atoms with Crippen molar-refractivity contribution in [1.82, 2.24) is 0 Å². The number of hydrogen-bond donors (Lipinski definition) is 1. The maximum atomic E-state index is 13.6. The number of benzene rings is 2. The van der Waals surface area contributed by atoms with Gasteiger partial charge in [0.25, 0.3) is 0 Å². The van der Waals surface area contributed by atoms with E-state index in [1.807, 2.05) is 0 Å². The highest BCUT2D eigenvalue weighted by Crippen LogP contribution is 2.33. The summed E-state index contributed by atoms with van der Waals surface area (Å²) in [5.74, 6) is -0.644. The fourth-order valence-corrected chi connectivity index (χ4v) is 1.63. The number of nitrogen functional groups attached to an aromatic ring is 1. The van der Waals surface area contributed by atoms with Gasteiger partial charge in [0.05, 0.1) is 5.56 Å². The van der Waals surface area contributed by atoms with Crippen molar-refractivity contribution in [3.63, 3.8) is 0 Å². The molecular formula is C13H9F4N. The first kappa shape index (κ1) is 12.4. The number of alkyl halides is 3. The van der Waals surface area contributed by atoms with Crippen LogP contribution < -0.4 is 5.73 Å². The van der Waals surface area contributed by atoms with Crippen molar-refractivity contribution in [3.05, 3.63) is 53.8 Å². The van der Waals surface area contributed by atoms with E-state index in [1.54, 1.807) is 0 Å². The molecule has 2 rings (SSSR count). The average Bonchev–Trinajstić information content (AvgIpc) is 2.28. The van der Waals surface area contributed by atoms with Crippen LogP contribution in [-0.4, -0.2) is 0 Å². The van der Waals surface area contributed by atoms with Gasteiger partial charge in [-0.25, -0.2) is 4.39 Å². The third kappa shape index (κ3) is 2.45. The predicted molar refractivity (Wildman–Crippen MR) is 61.3 cm³/mol. The zero-order chi connectivity index (χ0) is 13.3. The predicted octanol–water partition coefficient (Wildman–Crippen LogP) is 4.09. The van der Waals surface area contributed by atoms with Crippen molar-refractivity contribution in [3.8, 4) is 11.1 Å². The molecule has 0 fully saturated rings. The highest BCUT2D eigenvalue weighted by Gasteiger charge is 2.30. The van der Waals surface area contributed by atoms with Crippen LogP contribution in [0.15, 0.2) is 42.5 Å². The highest BCUT2D eigenvalue weighted by molar-refractivity contribution is 5.67. The Balaban J connectivity index is 2.51. The zero-order valence-corrected chi connectivity index (χ0v) is 9.13. The molecular weight excluding hydrogens is 246 g/mol. The van der Waals surface area contributed by atoms with Gasteiger partial charge in [0, 0.05) is 11.3 Å². The number of hydrogen-bond acceptors (Lipinski definition) is 1. The number of nitrogens with two attached hydrogens (primary N) is 1. The second kappa shape index (κ2) is 4.33. The Morgan fingerprint density at radius 1 is 0.944 bits per heavy atom. The minimum atomic E-state index is -4.44. The first-order chi connectivity index (χ1) is 8.38.